The van der Waals surface area contributed by atoms with E-state index in [1.807, 2.05) is 0 Å². The largest absolute Gasteiger partial charge is 0.469 e. The van der Waals surface area contributed by atoms with E-state index in [0.717, 1.165) is 0 Å². The maximum absolute atomic E-state index is 11.2. The fraction of sp³-hybridized carbons (Fsp3) is 0.375. The Morgan fingerprint density at radius 3 is 3.00 bits per heavy atom. The van der Waals surface area contributed by atoms with Crippen LogP contribution in [0.25, 0.3) is 0 Å². The molecule has 0 atom stereocenters. The first-order chi connectivity index (χ1) is 6.74. The van der Waals surface area contributed by atoms with E-state index < -0.39 is 0 Å². The number of amides is 1. The Morgan fingerprint density at radius 2 is 2.43 bits per heavy atom. The standard InChI is InChI=1S/C8H11N3O3/c1-14-7(12)2-3-10-8(13)6-4-9-5-11-6/h4-5H,2-3H2,1H3,(H,9,11)(H,10,13). The van der Waals surface area contributed by atoms with Crippen LogP contribution in [0.15, 0.2) is 12.5 Å². The third kappa shape index (κ3) is 2.89. The van der Waals surface area contributed by atoms with E-state index >= 15 is 0 Å². The van der Waals surface area contributed by atoms with Gasteiger partial charge in [-0.3, -0.25) is 9.59 Å². The zero-order chi connectivity index (χ0) is 10.4. The molecule has 0 fully saturated rings. The summed E-state index contributed by atoms with van der Waals surface area (Å²) >= 11 is 0. The highest BCUT2D eigenvalue weighted by Gasteiger charge is 2.06. The van der Waals surface area contributed by atoms with Gasteiger partial charge in [0.15, 0.2) is 0 Å². The summed E-state index contributed by atoms with van der Waals surface area (Å²) in [4.78, 5) is 28.3. The minimum Gasteiger partial charge on any atom is -0.469 e. The molecule has 0 bridgehead atoms. The molecule has 1 rings (SSSR count). The predicted molar refractivity (Wildman–Crippen MR) is 47.6 cm³/mol. The number of ether oxygens (including phenoxy) is 1. The third-order valence-corrected chi connectivity index (χ3v) is 1.59. The van der Waals surface area contributed by atoms with E-state index in [-0.39, 0.29) is 24.8 Å². The Morgan fingerprint density at radius 1 is 1.64 bits per heavy atom. The lowest BCUT2D eigenvalue weighted by atomic mass is 10.4. The Labute approximate surface area is 80.7 Å². The second kappa shape index (κ2) is 5.00. The summed E-state index contributed by atoms with van der Waals surface area (Å²) < 4.78 is 4.41. The molecule has 0 aromatic carbocycles. The van der Waals surface area contributed by atoms with Gasteiger partial charge in [0.1, 0.15) is 5.69 Å². The molecule has 1 aromatic heterocycles. The molecule has 0 spiro atoms. The maximum atomic E-state index is 11.2. The lowest BCUT2D eigenvalue weighted by Gasteiger charge is -2.01. The minimum atomic E-state index is -0.352. The molecule has 0 saturated carbocycles. The van der Waals surface area contributed by atoms with Crippen LogP contribution >= 0.6 is 0 Å². The number of carbonyl (C=O) groups excluding carboxylic acids is 2. The maximum Gasteiger partial charge on any atom is 0.307 e. The Kier molecular flexibility index (Phi) is 3.66. The molecule has 0 radical (unpaired) electrons. The SMILES string of the molecule is COC(=O)CCNC(=O)c1cnc[nH]1. The summed E-state index contributed by atoms with van der Waals surface area (Å²) in [6.45, 7) is 0.254. The van der Waals surface area contributed by atoms with Crippen LogP contribution in [0, 0.1) is 0 Å². The topological polar surface area (TPSA) is 84.1 Å². The molecule has 1 heterocycles. The van der Waals surface area contributed by atoms with Gasteiger partial charge in [-0.05, 0) is 0 Å². The lowest BCUT2D eigenvalue weighted by Crippen LogP contribution is -2.26. The zero-order valence-electron chi connectivity index (χ0n) is 7.74. The molecule has 0 aliphatic rings. The highest BCUT2D eigenvalue weighted by atomic mass is 16.5. The fourth-order valence-electron chi connectivity index (χ4n) is 0.855. The van der Waals surface area contributed by atoms with Crippen LogP contribution in [0.5, 0.6) is 0 Å². The number of methoxy groups -OCH3 is 1. The molecule has 2 N–H and O–H groups in total. The molecule has 0 aliphatic heterocycles. The Hall–Kier alpha value is -1.85. The normalized spacial score (nSPS) is 9.50. The number of nitrogens with zero attached hydrogens (tertiary/aromatic N) is 1. The van der Waals surface area contributed by atoms with E-state index in [0.29, 0.717) is 5.69 Å². The van der Waals surface area contributed by atoms with Gasteiger partial charge in [-0.15, -0.1) is 0 Å². The van der Waals surface area contributed by atoms with Crippen LogP contribution in [0.3, 0.4) is 0 Å². The number of aromatic amines is 1. The van der Waals surface area contributed by atoms with Crippen molar-refractivity contribution in [1.29, 1.82) is 0 Å². The number of hydrogen-bond donors (Lipinski definition) is 2. The Balaban J connectivity index is 2.26. The molecule has 1 amide bonds. The second-order valence-corrected chi connectivity index (χ2v) is 2.55. The van der Waals surface area contributed by atoms with Crippen LogP contribution in [0.2, 0.25) is 0 Å². The molecule has 0 unspecified atom stereocenters. The van der Waals surface area contributed by atoms with Gasteiger partial charge in [-0.1, -0.05) is 0 Å². The summed E-state index contributed by atoms with van der Waals surface area (Å²) in [6.07, 6.45) is 2.99. The van der Waals surface area contributed by atoms with Crippen LogP contribution in [-0.4, -0.2) is 35.5 Å². The molecule has 76 valence electrons. The monoisotopic (exact) mass is 197 g/mol. The van der Waals surface area contributed by atoms with Gasteiger partial charge in [0, 0.05) is 6.54 Å². The van der Waals surface area contributed by atoms with Gasteiger partial charge >= 0.3 is 5.97 Å². The van der Waals surface area contributed by atoms with E-state index in [1.54, 1.807) is 0 Å². The van der Waals surface area contributed by atoms with E-state index in [2.05, 4.69) is 20.0 Å². The second-order valence-electron chi connectivity index (χ2n) is 2.55. The van der Waals surface area contributed by atoms with Crippen molar-refractivity contribution in [3.05, 3.63) is 18.2 Å². The molecular formula is C8H11N3O3. The van der Waals surface area contributed by atoms with E-state index in [4.69, 9.17) is 0 Å². The average molecular weight is 197 g/mol. The van der Waals surface area contributed by atoms with E-state index in [1.165, 1.54) is 19.6 Å². The van der Waals surface area contributed by atoms with Crippen molar-refractivity contribution < 1.29 is 14.3 Å². The first-order valence-corrected chi connectivity index (χ1v) is 4.07. The lowest BCUT2D eigenvalue weighted by molar-refractivity contribution is -0.140. The first-order valence-electron chi connectivity index (χ1n) is 4.07. The van der Waals surface area contributed by atoms with Gasteiger partial charge in [0.2, 0.25) is 0 Å². The smallest absolute Gasteiger partial charge is 0.307 e. The van der Waals surface area contributed by atoms with Gasteiger partial charge in [0.25, 0.3) is 5.91 Å². The number of imidazole rings is 1. The van der Waals surface area contributed by atoms with Crippen LogP contribution in [-0.2, 0) is 9.53 Å². The van der Waals surface area contributed by atoms with Crippen LogP contribution in [0.1, 0.15) is 16.9 Å². The fourth-order valence-corrected chi connectivity index (χ4v) is 0.855. The number of nitrogens with one attached hydrogen (secondary N) is 2. The zero-order valence-corrected chi connectivity index (χ0v) is 7.74. The average Bonchev–Trinajstić information content (AvgIpc) is 2.70. The number of carbonyl (C=O) groups is 2. The summed E-state index contributed by atoms with van der Waals surface area (Å²) in [5, 5.41) is 2.54. The first kappa shape index (κ1) is 10.2. The highest BCUT2D eigenvalue weighted by Crippen LogP contribution is 1.90. The molecule has 0 saturated heterocycles. The van der Waals surface area contributed by atoms with Crippen molar-refractivity contribution in [2.75, 3.05) is 13.7 Å². The number of aromatic nitrogens is 2. The van der Waals surface area contributed by atoms with Gasteiger partial charge < -0.3 is 15.0 Å². The minimum absolute atomic E-state index is 0.163. The predicted octanol–water partition coefficient (Wildman–Crippen LogP) is -0.297. The number of H-pyrrole nitrogens is 1. The van der Waals surface area contributed by atoms with Crippen molar-refractivity contribution in [2.45, 2.75) is 6.42 Å². The Bertz CT molecular complexity index is 308. The molecule has 14 heavy (non-hydrogen) atoms. The van der Waals surface area contributed by atoms with Crippen LogP contribution in [0.4, 0.5) is 0 Å². The summed E-state index contributed by atoms with van der Waals surface area (Å²) in [6, 6.07) is 0. The van der Waals surface area contributed by atoms with Crippen molar-refractivity contribution in [3.8, 4) is 0 Å². The summed E-state index contributed by atoms with van der Waals surface area (Å²) in [5.41, 5.74) is 0.370. The molecule has 1 aromatic rings. The van der Waals surface area contributed by atoms with Crippen molar-refractivity contribution in [2.24, 2.45) is 0 Å². The quantitative estimate of drug-likeness (QED) is 0.649. The van der Waals surface area contributed by atoms with Crippen molar-refractivity contribution in [1.82, 2.24) is 15.3 Å². The van der Waals surface area contributed by atoms with Crippen molar-refractivity contribution >= 4 is 11.9 Å². The number of esters is 1. The third-order valence-electron chi connectivity index (χ3n) is 1.59. The molecule has 6 nitrogen and oxygen atoms in total. The highest BCUT2D eigenvalue weighted by molar-refractivity contribution is 5.92. The summed E-state index contributed by atoms with van der Waals surface area (Å²) in [5.74, 6) is -0.638. The van der Waals surface area contributed by atoms with Gasteiger partial charge in [0.05, 0.1) is 26.1 Å². The number of hydrogen-bond acceptors (Lipinski definition) is 4. The van der Waals surface area contributed by atoms with Crippen LogP contribution < -0.4 is 5.32 Å². The summed E-state index contributed by atoms with van der Waals surface area (Å²) in [7, 11) is 1.30. The van der Waals surface area contributed by atoms with Crippen molar-refractivity contribution in [3.63, 3.8) is 0 Å². The molecular weight excluding hydrogens is 186 g/mol. The molecule has 0 aliphatic carbocycles. The van der Waals surface area contributed by atoms with Gasteiger partial charge in [-0.25, -0.2) is 4.98 Å². The van der Waals surface area contributed by atoms with E-state index in [9.17, 15) is 9.59 Å². The number of rotatable bonds is 4. The molecule has 6 heteroatoms. The van der Waals surface area contributed by atoms with Gasteiger partial charge in [-0.2, -0.15) is 0 Å².